The van der Waals surface area contributed by atoms with Gasteiger partial charge in [0, 0.05) is 14.5 Å². The van der Waals surface area contributed by atoms with E-state index in [1.807, 2.05) is 43.3 Å². The Balaban J connectivity index is 2.27. The van der Waals surface area contributed by atoms with Gasteiger partial charge in [0.25, 0.3) is 0 Å². The second-order valence-electron chi connectivity index (χ2n) is 4.47. The highest BCUT2D eigenvalue weighted by Gasteiger charge is 2.11. The molecule has 19 heavy (non-hydrogen) atoms. The molecule has 0 aromatic heterocycles. The SMILES string of the molecule is Cc1cc(Br)c(NC(C)c2ccccc2Cl)cc1Cl. The van der Waals surface area contributed by atoms with Crippen LogP contribution in [0, 0.1) is 6.92 Å². The van der Waals surface area contributed by atoms with Gasteiger partial charge in [-0.25, -0.2) is 0 Å². The first-order chi connectivity index (χ1) is 8.99. The summed E-state index contributed by atoms with van der Waals surface area (Å²) in [5.74, 6) is 0. The Labute approximate surface area is 132 Å². The van der Waals surface area contributed by atoms with Gasteiger partial charge in [0.05, 0.1) is 11.7 Å². The summed E-state index contributed by atoms with van der Waals surface area (Å²) in [5, 5.41) is 4.93. The van der Waals surface area contributed by atoms with Gasteiger partial charge in [-0.1, -0.05) is 41.4 Å². The van der Waals surface area contributed by atoms with Crippen molar-refractivity contribution in [2.45, 2.75) is 19.9 Å². The summed E-state index contributed by atoms with van der Waals surface area (Å²) >= 11 is 15.9. The molecule has 0 saturated heterocycles. The molecule has 0 radical (unpaired) electrons. The molecule has 0 aliphatic rings. The number of rotatable bonds is 3. The number of halogens is 3. The van der Waals surface area contributed by atoms with E-state index < -0.39 is 0 Å². The molecule has 0 saturated carbocycles. The molecule has 100 valence electrons. The normalized spacial score (nSPS) is 12.3. The molecular weight excluding hydrogens is 345 g/mol. The number of hydrogen-bond donors (Lipinski definition) is 1. The summed E-state index contributed by atoms with van der Waals surface area (Å²) in [6.45, 7) is 4.05. The first-order valence-corrected chi connectivity index (χ1v) is 7.50. The van der Waals surface area contributed by atoms with Crippen molar-refractivity contribution in [1.82, 2.24) is 0 Å². The van der Waals surface area contributed by atoms with Crippen molar-refractivity contribution in [3.8, 4) is 0 Å². The van der Waals surface area contributed by atoms with Crippen LogP contribution in [0.3, 0.4) is 0 Å². The second kappa shape index (κ2) is 6.17. The minimum absolute atomic E-state index is 0.101. The van der Waals surface area contributed by atoms with E-state index in [0.29, 0.717) is 0 Å². The smallest absolute Gasteiger partial charge is 0.0504 e. The Bertz CT molecular complexity index is 599. The van der Waals surface area contributed by atoms with E-state index >= 15 is 0 Å². The number of anilines is 1. The average Bonchev–Trinajstić information content (AvgIpc) is 2.36. The molecule has 0 aliphatic carbocycles. The zero-order chi connectivity index (χ0) is 14.0. The van der Waals surface area contributed by atoms with Crippen LogP contribution in [0.4, 0.5) is 5.69 Å². The highest BCUT2D eigenvalue weighted by atomic mass is 79.9. The van der Waals surface area contributed by atoms with Crippen LogP contribution in [-0.4, -0.2) is 0 Å². The zero-order valence-corrected chi connectivity index (χ0v) is 13.8. The molecule has 0 aliphatic heterocycles. The standard InChI is InChI=1S/C15H14BrCl2N/c1-9-7-12(16)15(8-14(9)18)19-10(2)11-5-3-4-6-13(11)17/h3-8,10,19H,1-2H3. The molecule has 1 N–H and O–H groups in total. The number of hydrogen-bond acceptors (Lipinski definition) is 1. The summed E-state index contributed by atoms with van der Waals surface area (Å²) in [5.41, 5.74) is 3.07. The quantitative estimate of drug-likeness (QED) is 0.684. The predicted molar refractivity (Wildman–Crippen MR) is 87.4 cm³/mol. The van der Waals surface area contributed by atoms with E-state index in [2.05, 4.69) is 28.2 Å². The highest BCUT2D eigenvalue weighted by molar-refractivity contribution is 9.10. The van der Waals surface area contributed by atoms with Crippen LogP contribution in [0.15, 0.2) is 40.9 Å². The maximum absolute atomic E-state index is 6.20. The van der Waals surface area contributed by atoms with E-state index in [4.69, 9.17) is 23.2 Å². The minimum Gasteiger partial charge on any atom is -0.378 e. The van der Waals surface area contributed by atoms with E-state index in [1.165, 1.54) is 0 Å². The van der Waals surface area contributed by atoms with Crippen LogP contribution in [0.1, 0.15) is 24.1 Å². The Hall–Kier alpha value is -0.700. The summed E-state index contributed by atoms with van der Waals surface area (Å²) in [4.78, 5) is 0. The van der Waals surface area contributed by atoms with E-state index in [1.54, 1.807) is 0 Å². The zero-order valence-electron chi connectivity index (χ0n) is 10.7. The monoisotopic (exact) mass is 357 g/mol. The van der Waals surface area contributed by atoms with Crippen LogP contribution in [-0.2, 0) is 0 Å². The molecule has 0 heterocycles. The first kappa shape index (κ1) is 14.7. The number of benzene rings is 2. The van der Waals surface area contributed by atoms with Crippen LogP contribution >= 0.6 is 39.1 Å². The van der Waals surface area contributed by atoms with Crippen LogP contribution in [0.5, 0.6) is 0 Å². The lowest BCUT2D eigenvalue weighted by Gasteiger charge is -2.18. The van der Waals surface area contributed by atoms with Crippen LogP contribution in [0.2, 0.25) is 10.0 Å². The first-order valence-electron chi connectivity index (χ1n) is 5.95. The molecule has 1 nitrogen and oxygen atoms in total. The molecule has 0 amide bonds. The summed E-state index contributed by atoms with van der Waals surface area (Å²) in [6, 6.07) is 11.9. The van der Waals surface area contributed by atoms with Gasteiger partial charge in [-0.05, 0) is 59.1 Å². The summed E-state index contributed by atoms with van der Waals surface area (Å²) in [6.07, 6.45) is 0. The molecule has 1 atom stereocenters. The molecular formula is C15H14BrCl2N. The third kappa shape index (κ3) is 3.44. The van der Waals surface area contributed by atoms with Gasteiger partial charge in [0.2, 0.25) is 0 Å². The van der Waals surface area contributed by atoms with Crippen molar-refractivity contribution < 1.29 is 0 Å². The maximum Gasteiger partial charge on any atom is 0.0504 e. The molecule has 4 heteroatoms. The molecule has 0 fully saturated rings. The largest absolute Gasteiger partial charge is 0.378 e. The van der Waals surface area contributed by atoms with Gasteiger partial charge < -0.3 is 5.32 Å². The van der Waals surface area contributed by atoms with Gasteiger partial charge in [0.1, 0.15) is 0 Å². The molecule has 1 unspecified atom stereocenters. The van der Waals surface area contributed by atoms with Crippen LogP contribution in [0.25, 0.3) is 0 Å². The van der Waals surface area contributed by atoms with Crippen molar-refractivity contribution in [3.63, 3.8) is 0 Å². The average molecular weight is 359 g/mol. The molecule has 2 aromatic rings. The summed E-state index contributed by atoms with van der Waals surface area (Å²) in [7, 11) is 0. The minimum atomic E-state index is 0.101. The Morgan fingerprint density at radius 1 is 1.11 bits per heavy atom. The molecule has 0 spiro atoms. The van der Waals surface area contributed by atoms with Crippen LogP contribution < -0.4 is 5.32 Å². The Morgan fingerprint density at radius 2 is 1.79 bits per heavy atom. The van der Waals surface area contributed by atoms with Crippen molar-refractivity contribution in [1.29, 1.82) is 0 Å². The van der Waals surface area contributed by atoms with Gasteiger partial charge in [-0.3, -0.25) is 0 Å². The number of aryl methyl sites for hydroxylation is 1. The van der Waals surface area contributed by atoms with E-state index in [9.17, 15) is 0 Å². The van der Waals surface area contributed by atoms with Gasteiger partial charge in [-0.15, -0.1) is 0 Å². The Kier molecular flexibility index (Phi) is 4.77. The third-order valence-electron chi connectivity index (χ3n) is 2.99. The highest BCUT2D eigenvalue weighted by Crippen LogP contribution is 2.33. The van der Waals surface area contributed by atoms with E-state index in [-0.39, 0.29) is 6.04 Å². The van der Waals surface area contributed by atoms with Gasteiger partial charge in [-0.2, -0.15) is 0 Å². The lowest BCUT2D eigenvalue weighted by Crippen LogP contribution is -2.07. The third-order valence-corrected chi connectivity index (χ3v) is 4.40. The summed E-state index contributed by atoms with van der Waals surface area (Å²) < 4.78 is 0.994. The second-order valence-corrected chi connectivity index (χ2v) is 6.14. The van der Waals surface area contributed by atoms with E-state index in [0.717, 1.165) is 31.3 Å². The van der Waals surface area contributed by atoms with Crippen molar-refractivity contribution in [2.75, 3.05) is 5.32 Å². The maximum atomic E-state index is 6.20. The molecule has 0 bridgehead atoms. The molecule has 2 aromatic carbocycles. The lowest BCUT2D eigenvalue weighted by molar-refractivity contribution is 0.884. The van der Waals surface area contributed by atoms with Crippen molar-refractivity contribution in [2.24, 2.45) is 0 Å². The lowest BCUT2D eigenvalue weighted by atomic mass is 10.1. The predicted octanol–water partition coefficient (Wildman–Crippen LogP) is 6.24. The fourth-order valence-corrected chi connectivity index (χ4v) is 2.93. The fourth-order valence-electron chi connectivity index (χ4n) is 1.89. The topological polar surface area (TPSA) is 12.0 Å². The van der Waals surface area contributed by atoms with Gasteiger partial charge in [0.15, 0.2) is 0 Å². The fraction of sp³-hybridized carbons (Fsp3) is 0.200. The van der Waals surface area contributed by atoms with Crippen molar-refractivity contribution >= 4 is 44.8 Å². The number of nitrogens with one attached hydrogen (secondary N) is 1. The van der Waals surface area contributed by atoms with Gasteiger partial charge >= 0.3 is 0 Å². The van der Waals surface area contributed by atoms with Crippen molar-refractivity contribution in [3.05, 3.63) is 62.0 Å². The Morgan fingerprint density at radius 3 is 2.47 bits per heavy atom. The molecule has 2 rings (SSSR count).